The average Bonchev–Trinajstić information content (AvgIpc) is 3.12. The second-order valence-electron chi connectivity index (χ2n) is 6.51. The van der Waals surface area contributed by atoms with Gasteiger partial charge in [0.2, 0.25) is 5.78 Å². The molecule has 5 nitrogen and oxygen atoms in total. The monoisotopic (exact) mass is 367 g/mol. The van der Waals surface area contributed by atoms with E-state index >= 15 is 0 Å². The van der Waals surface area contributed by atoms with E-state index in [1.807, 2.05) is 77.3 Å². The van der Waals surface area contributed by atoms with E-state index in [2.05, 4.69) is 9.97 Å². The Morgan fingerprint density at radius 1 is 0.893 bits per heavy atom. The highest BCUT2D eigenvalue weighted by Gasteiger charge is 2.19. The summed E-state index contributed by atoms with van der Waals surface area (Å²) in [6.07, 6.45) is 1.82. The fraction of sp³-hybridized carbons (Fsp3) is 0.0435. The lowest BCUT2D eigenvalue weighted by Gasteiger charge is -2.15. The average molecular weight is 367 g/mol. The fourth-order valence-electron chi connectivity index (χ4n) is 3.56. The lowest BCUT2D eigenvalue weighted by molar-refractivity contribution is 0.408. The quantitative estimate of drug-likeness (QED) is 0.491. The van der Waals surface area contributed by atoms with Gasteiger partial charge in [-0.25, -0.2) is 9.97 Å². The van der Waals surface area contributed by atoms with Crippen molar-refractivity contribution >= 4 is 16.8 Å². The molecule has 2 heterocycles. The largest absolute Gasteiger partial charge is 0.507 e. The number of hydrogen-bond donors (Lipinski definition) is 1. The number of phenolic OH excluding ortho intramolecular Hbond substituents is 1. The molecule has 28 heavy (non-hydrogen) atoms. The molecular weight excluding hydrogens is 350 g/mol. The Morgan fingerprint density at radius 3 is 2.46 bits per heavy atom. The number of ether oxygens (including phenoxy) is 1. The molecule has 0 aliphatic rings. The maximum atomic E-state index is 10.8. The molecule has 0 saturated carbocycles. The van der Waals surface area contributed by atoms with Crippen LogP contribution in [0, 0.1) is 0 Å². The van der Waals surface area contributed by atoms with E-state index in [0.29, 0.717) is 17.1 Å². The van der Waals surface area contributed by atoms with Gasteiger partial charge in [0.05, 0.1) is 23.8 Å². The Morgan fingerprint density at radius 2 is 1.68 bits per heavy atom. The topological polar surface area (TPSA) is 59.7 Å². The van der Waals surface area contributed by atoms with Crippen molar-refractivity contribution in [1.29, 1.82) is 0 Å². The van der Waals surface area contributed by atoms with Crippen molar-refractivity contribution in [2.45, 2.75) is 0 Å². The van der Waals surface area contributed by atoms with Crippen molar-refractivity contribution < 1.29 is 9.84 Å². The Balaban J connectivity index is 1.93. The van der Waals surface area contributed by atoms with E-state index in [0.717, 1.165) is 27.9 Å². The summed E-state index contributed by atoms with van der Waals surface area (Å²) in [5.74, 6) is 1.33. The molecule has 5 heteroatoms. The molecule has 0 saturated heterocycles. The molecule has 0 aliphatic heterocycles. The van der Waals surface area contributed by atoms with Gasteiger partial charge >= 0.3 is 0 Å². The van der Waals surface area contributed by atoms with Gasteiger partial charge in [-0.05, 0) is 29.8 Å². The number of imidazole rings is 1. The van der Waals surface area contributed by atoms with Gasteiger partial charge in [0.1, 0.15) is 11.5 Å². The number of nitrogens with zero attached hydrogens (tertiary/aromatic N) is 3. The van der Waals surface area contributed by atoms with Crippen molar-refractivity contribution in [3.63, 3.8) is 0 Å². The molecule has 2 aromatic heterocycles. The van der Waals surface area contributed by atoms with Crippen LogP contribution in [-0.4, -0.2) is 26.6 Å². The van der Waals surface area contributed by atoms with Crippen LogP contribution >= 0.6 is 0 Å². The first-order valence-electron chi connectivity index (χ1n) is 8.95. The van der Waals surface area contributed by atoms with E-state index in [4.69, 9.17) is 4.74 Å². The summed E-state index contributed by atoms with van der Waals surface area (Å²) >= 11 is 0. The molecule has 0 atom stereocenters. The van der Waals surface area contributed by atoms with Crippen LogP contribution in [0.5, 0.6) is 11.5 Å². The number of rotatable bonds is 3. The van der Waals surface area contributed by atoms with Crippen molar-refractivity contribution in [2.75, 3.05) is 7.11 Å². The van der Waals surface area contributed by atoms with Gasteiger partial charge in [0, 0.05) is 23.4 Å². The van der Waals surface area contributed by atoms with Gasteiger partial charge in [-0.2, -0.15) is 0 Å². The summed E-state index contributed by atoms with van der Waals surface area (Å²) in [4.78, 5) is 9.23. The van der Waals surface area contributed by atoms with Crippen LogP contribution in [0.2, 0.25) is 0 Å². The van der Waals surface area contributed by atoms with Crippen LogP contribution in [0.15, 0.2) is 79.0 Å². The van der Waals surface area contributed by atoms with E-state index in [1.54, 1.807) is 13.2 Å². The van der Waals surface area contributed by atoms with E-state index in [1.165, 1.54) is 0 Å². The second kappa shape index (κ2) is 6.39. The predicted octanol–water partition coefficient (Wildman–Crippen LogP) is 4.93. The van der Waals surface area contributed by atoms with Gasteiger partial charge in [0.15, 0.2) is 0 Å². The van der Waals surface area contributed by atoms with Crippen LogP contribution < -0.4 is 4.74 Å². The van der Waals surface area contributed by atoms with E-state index in [9.17, 15) is 5.11 Å². The van der Waals surface area contributed by atoms with Gasteiger partial charge < -0.3 is 9.84 Å². The number of methoxy groups -OCH3 is 1. The smallest absolute Gasteiger partial charge is 0.235 e. The first kappa shape index (κ1) is 16.3. The summed E-state index contributed by atoms with van der Waals surface area (Å²) in [7, 11) is 1.58. The van der Waals surface area contributed by atoms with Crippen LogP contribution in [0.3, 0.4) is 0 Å². The molecule has 3 aromatic carbocycles. The zero-order valence-corrected chi connectivity index (χ0v) is 15.2. The minimum Gasteiger partial charge on any atom is -0.507 e. The molecule has 1 N–H and O–H groups in total. The zero-order chi connectivity index (χ0) is 19.1. The SMILES string of the molecule is COc1ccc(-c2c(-c3ccccc3)cnc3nc4ccccc4n23)c(O)c1. The summed E-state index contributed by atoms with van der Waals surface area (Å²) in [5.41, 5.74) is 5.25. The number of phenols is 1. The van der Waals surface area contributed by atoms with Gasteiger partial charge in [0.25, 0.3) is 0 Å². The highest BCUT2D eigenvalue weighted by Crippen LogP contribution is 2.39. The number of fused-ring (bicyclic) bond motifs is 3. The number of para-hydroxylation sites is 2. The van der Waals surface area contributed by atoms with Crippen LogP contribution in [0.1, 0.15) is 0 Å². The van der Waals surface area contributed by atoms with E-state index in [-0.39, 0.29) is 5.75 Å². The highest BCUT2D eigenvalue weighted by atomic mass is 16.5. The Bertz CT molecular complexity index is 1310. The highest BCUT2D eigenvalue weighted by molar-refractivity contribution is 5.90. The minimum absolute atomic E-state index is 0.141. The predicted molar refractivity (Wildman–Crippen MR) is 110 cm³/mol. The molecule has 0 fully saturated rings. The van der Waals surface area contributed by atoms with Gasteiger partial charge in [-0.15, -0.1) is 0 Å². The lowest BCUT2D eigenvalue weighted by Crippen LogP contribution is -1.99. The first-order valence-corrected chi connectivity index (χ1v) is 8.95. The van der Waals surface area contributed by atoms with Crippen molar-refractivity contribution in [3.05, 3.63) is 79.0 Å². The number of benzene rings is 3. The Kier molecular flexibility index (Phi) is 3.72. The third-order valence-corrected chi connectivity index (χ3v) is 4.88. The lowest BCUT2D eigenvalue weighted by atomic mass is 9.99. The summed E-state index contributed by atoms with van der Waals surface area (Å²) in [6, 6.07) is 23.3. The normalized spacial score (nSPS) is 11.2. The molecule has 0 amide bonds. The first-order chi connectivity index (χ1) is 13.8. The Hall–Kier alpha value is -3.86. The molecule has 5 rings (SSSR count). The third-order valence-electron chi connectivity index (χ3n) is 4.88. The summed E-state index contributed by atoms with van der Waals surface area (Å²) < 4.78 is 7.25. The van der Waals surface area contributed by atoms with Crippen LogP contribution in [0.4, 0.5) is 0 Å². The maximum absolute atomic E-state index is 10.8. The molecular formula is C23H17N3O2. The number of aromatic nitrogens is 3. The molecule has 0 unspecified atom stereocenters. The Labute approximate surface area is 161 Å². The molecule has 0 bridgehead atoms. The summed E-state index contributed by atoms with van der Waals surface area (Å²) in [5, 5.41) is 10.8. The molecule has 0 radical (unpaired) electrons. The standard InChI is InChI=1S/C23H17N3O2/c1-28-16-11-12-17(21(27)13-16)22-18(15-7-3-2-4-8-15)14-24-23-25-19-9-5-6-10-20(19)26(22)23/h2-14,27H,1H3. The van der Waals surface area contributed by atoms with Crippen LogP contribution in [-0.2, 0) is 0 Å². The van der Waals surface area contributed by atoms with Crippen molar-refractivity contribution in [3.8, 4) is 33.9 Å². The minimum atomic E-state index is 0.141. The van der Waals surface area contributed by atoms with Crippen molar-refractivity contribution in [2.24, 2.45) is 0 Å². The maximum Gasteiger partial charge on any atom is 0.235 e. The van der Waals surface area contributed by atoms with Gasteiger partial charge in [-0.1, -0.05) is 42.5 Å². The van der Waals surface area contributed by atoms with Crippen LogP contribution in [0.25, 0.3) is 39.2 Å². The molecule has 5 aromatic rings. The number of aromatic hydroxyl groups is 1. The molecule has 0 spiro atoms. The third kappa shape index (κ3) is 2.48. The van der Waals surface area contributed by atoms with E-state index < -0.39 is 0 Å². The number of hydrogen-bond acceptors (Lipinski definition) is 4. The van der Waals surface area contributed by atoms with Crippen molar-refractivity contribution in [1.82, 2.24) is 14.4 Å². The summed E-state index contributed by atoms with van der Waals surface area (Å²) in [6.45, 7) is 0. The fourth-order valence-corrected chi connectivity index (χ4v) is 3.56. The second-order valence-corrected chi connectivity index (χ2v) is 6.51. The molecule has 0 aliphatic carbocycles. The zero-order valence-electron chi connectivity index (χ0n) is 15.2. The van der Waals surface area contributed by atoms with Gasteiger partial charge in [-0.3, -0.25) is 4.40 Å². The molecule has 136 valence electrons.